The number of halogens is 4. The summed E-state index contributed by atoms with van der Waals surface area (Å²) in [5, 5.41) is 5.32. The van der Waals surface area contributed by atoms with Crippen LogP contribution >= 0.6 is 0 Å². The van der Waals surface area contributed by atoms with Crippen LogP contribution in [0.3, 0.4) is 0 Å². The largest absolute Gasteiger partial charge is 0.348 e. The Morgan fingerprint density at radius 2 is 1.85 bits per heavy atom. The number of hydrogen-bond donors (Lipinski definition) is 2. The summed E-state index contributed by atoms with van der Waals surface area (Å²) in [4.78, 5) is 11.7. The second-order valence-corrected chi connectivity index (χ2v) is 4.34. The molecule has 1 aliphatic heterocycles. The van der Waals surface area contributed by atoms with E-state index >= 15 is 0 Å². The zero-order valence-electron chi connectivity index (χ0n) is 10.4. The normalized spacial score (nSPS) is 14.9. The van der Waals surface area contributed by atoms with E-state index < -0.39 is 34.7 Å². The van der Waals surface area contributed by atoms with Crippen molar-refractivity contribution >= 4 is 5.91 Å². The van der Waals surface area contributed by atoms with Crippen molar-refractivity contribution in [2.24, 2.45) is 0 Å². The first-order valence-corrected chi connectivity index (χ1v) is 6.00. The lowest BCUT2D eigenvalue weighted by molar-refractivity contribution is 0.0945. The Morgan fingerprint density at radius 1 is 1.20 bits per heavy atom. The average Bonchev–Trinajstić information content (AvgIpc) is 2.44. The molecule has 1 amide bonds. The molecule has 0 saturated heterocycles. The summed E-state index contributed by atoms with van der Waals surface area (Å²) in [6, 6.07) is 0.0662. The molecule has 0 bridgehead atoms. The van der Waals surface area contributed by atoms with Gasteiger partial charge in [-0.2, -0.15) is 0 Å². The van der Waals surface area contributed by atoms with Gasteiger partial charge in [0.15, 0.2) is 23.3 Å². The molecular weight excluding hydrogens is 276 g/mol. The maximum Gasteiger partial charge on any atom is 0.257 e. The highest BCUT2D eigenvalue weighted by atomic mass is 19.2. The molecule has 0 unspecified atom stereocenters. The van der Waals surface area contributed by atoms with Gasteiger partial charge in [-0.05, 0) is 13.0 Å². The van der Waals surface area contributed by atoms with E-state index in [9.17, 15) is 22.4 Å². The molecule has 0 saturated carbocycles. The first-order valence-electron chi connectivity index (χ1n) is 6.00. The molecule has 2 rings (SSSR count). The fourth-order valence-electron chi connectivity index (χ4n) is 1.88. The van der Waals surface area contributed by atoms with Crippen molar-refractivity contribution in [3.05, 3.63) is 46.5 Å². The van der Waals surface area contributed by atoms with Crippen LogP contribution in [-0.2, 0) is 0 Å². The lowest BCUT2D eigenvalue weighted by Crippen LogP contribution is -2.31. The molecule has 108 valence electrons. The van der Waals surface area contributed by atoms with Gasteiger partial charge in [0.05, 0.1) is 0 Å². The van der Waals surface area contributed by atoms with Gasteiger partial charge >= 0.3 is 0 Å². The number of amides is 1. The highest BCUT2D eigenvalue weighted by Gasteiger charge is 2.24. The maximum absolute atomic E-state index is 13.4. The molecule has 0 aliphatic carbocycles. The standard InChI is InChI=1S/C13H12F4N2O/c14-8-5-9(15)12(17)10(11(8)16)13(20)19-6-7-1-3-18-4-2-7/h1,5,18H,2-4,6H2,(H,19,20). The van der Waals surface area contributed by atoms with Crippen LogP contribution in [0.5, 0.6) is 0 Å². The third kappa shape index (κ3) is 2.98. The average molecular weight is 288 g/mol. The molecule has 0 radical (unpaired) electrons. The summed E-state index contributed by atoms with van der Waals surface area (Å²) in [5.41, 5.74) is -0.355. The van der Waals surface area contributed by atoms with E-state index in [0.717, 1.165) is 12.1 Å². The Balaban J connectivity index is 2.15. The molecule has 3 nitrogen and oxygen atoms in total. The fraction of sp³-hybridized carbons (Fsp3) is 0.308. The molecule has 1 aliphatic rings. The SMILES string of the molecule is O=C(NCC1=CCNCC1)c1c(F)c(F)cc(F)c1F. The quantitative estimate of drug-likeness (QED) is 0.506. The summed E-state index contributed by atoms with van der Waals surface area (Å²) in [6.45, 7) is 1.46. The predicted molar refractivity (Wildman–Crippen MR) is 64.2 cm³/mol. The molecule has 7 heteroatoms. The number of benzene rings is 1. The topological polar surface area (TPSA) is 41.1 Å². The first kappa shape index (κ1) is 14.5. The summed E-state index contributed by atoms with van der Waals surface area (Å²) in [6.07, 6.45) is 2.52. The summed E-state index contributed by atoms with van der Waals surface area (Å²) in [7, 11) is 0. The van der Waals surface area contributed by atoms with Gasteiger partial charge in [-0.3, -0.25) is 4.79 Å². The van der Waals surface area contributed by atoms with E-state index in [0.29, 0.717) is 13.0 Å². The predicted octanol–water partition coefficient (Wildman–Crippen LogP) is 1.89. The summed E-state index contributed by atoms with van der Waals surface area (Å²) < 4.78 is 52.8. The Bertz CT molecular complexity index is 546. The van der Waals surface area contributed by atoms with Gasteiger partial charge in [-0.1, -0.05) is 11.6 Å². The van der Waals surface area contributed by atoms with Crippen LogP contribution in [0.1, 0.15) is 16.8 Å². The third-order valence-corrected chi connectivity index (χ3v) is 2.97. The number of rotatable bonds is 3. The zero-order valence-corrected chi connectivity index (χ0v) is 10.4. The van der Waals surface area contributed by atoms with Gasteiger partial charge < -0.3 is 10.6 Å². The Kier molecular flexibility index (Phi) is 4.39. The number of carbonyl (C=O) groups excluding carboxylic acids is 1. The molecule has 0 aromatic heterocycles. The lowest BCUT2D eigenvalue weighted by Gasteiger charge is -2.15. The Hall–Kier alpha value is -1.89. The van der Waals surface area contributed by atoms with Crippen molar-refractivity contribution in [2.75, 3.05) is 19.6 Å². The minimum absolute atomic E-state index is 0.0662. The zero-order chi connectivity index (χ0) is 14.7. The van der Waals surface area contributed by atoms with Gasteiger partial charge in [0.2, 0.25) is 0 Å². The minimum atomic E-state index is -1.69. The smallest absolute Gasteiger partial charge is 0.257 e. The molecule has 20 heavy (non-hydrogen) atoms. The highest BCUT2D eigenvalue weighted by molar-refractivity contribution is 5.95. The van der Waals surface area contributed by atoms with E-state index in [1.165, 1.54) is 0 Å². The maximum atomic E-state index is 13.4. The molecule has 0 atom stereocenters. The minimum Gasteiger partial charge on any atom is -0.348 e. The van der Waals surface area contributed by atoms with E-state index in [4.69, 9.17) is 0 Å². The monoisotopic (exact) mass is 288 g/mol. The summed E-state index contributed by atoms with van der Waals surface area (Å²) >= 11 is 0. The van der Waals surface area contributed by atoms with Crippen LogP contribution in [0.15, 0.2) is 17.7 Å². The first-order chi connectivity index (χ1) is 9.50. The Labute approximate surface area is 112 Å². The van der Waals surface area contributed by atoms with Crippen molar-refractivity contribution in [1.82, 2.24) is 10.6 Å². The Morgan fingerprint density at radius 3 is 2.40 bits per heavy atom. The van der Waals surface area contributed by atoms with Crippen LogP contribution in [0.4, 0.5) is 17.6 Å². The number of nitrogens with one attached hydrogen (secondary N) is 2. The van der Waals surface area contributed by atoms with E-state index in [-0.39, 0.29) is 12.6 Å². The molecular formula is C13H12F4N2O. The van der Waals surface area contributed by atoms with E-state index in [1.807, 2.05) is 6.08 Å². The van der Waals surface area contributed by atoms with Crippen molar-refractivity contribution in [2.45, 2.75) is 6.42 Å². The molecule has 0 fully saturated rings. The lowest BCUT2D eigenvalue weighted by atomic mass is 10.1. The molecule has 1 aromatic carbocycles. The van der Waals surface area contributed by atoms with Crippen LogP contribution in [0.2, 0.25) is 0 Å². The van der Waals surface area contributed by atoms with Gasteiger partial charge in [0.25, 0.3) is 5.91 Å². The van der Waals surface area contributed by atoms with E-state index in [1.54, 1.807) is 0 Å². The van der Waals surface area contributed by atoms with Crippen LogP contribution in [0.25, 0.3) is 0 Å². The van der Waals surface area contributed by atoms with Crippen LogP contribution in [-0.4, -0.2) is 25.5 Å². The van der Waals surface area contributed by atoms with Crippen LogP contribution in [0, 0.1) is 23.3 Å². The molecule has 2 N–H and O–H groups in total. The van der Waals surface area contributed by atoms with Crippen LogP contribution < -0.4 is 10.6 Å². The highest BCUT2D eigenvalue weighted by Crippen LogP contribution is 2.19. The second kappa shape index (κ2) is 6.04. The fourth-order valence-corrected chi connectivity index (χ4v) is 1.88. The van der Waals surface area contributed by atoms with Crippen molar-refractivity contribution in [1.29, 1.82) is 0 Å². The molecule has 0 spiro atoms. The molecule has 1 aromatic rings. The van der Waals surface area contributed by atoms with Gasteiger partial charge in [-0.25, -0.2) is 17.6 Å². The van der Waals surface area contributed by atoms with Crippen molar-refractivity contribution in [3.63, 3.8) is 0 Å². The number of carbonyl (C=O) groups is 1. The third-order valence-electron chi connectivity index (χ3n) is 2.97. The van der Waals surface area contributed by atoms with Gasteiger partial charge in [0.1, 0.15) is 5.56 Å². The molecule has 1 heterocycles. The van der Waals surface area contributed by atoms with Crippen molar-refractivity contribution in [3.8, 4) is 0 Å². The number of hydrogen-bond acceptors (Lipinski definition) is 2. The van der Waals surface area contributed by atoms with E-state index in [2.05, 4.69) is 10.6 Å². The summed E-state index contributed by atoms with van der Waals surface area (Å²) in [5.74, 6) is -7.77. The second-order valence-electron chi connectivity index (χ2n) is 4.34. The van der Waals surface area contributed by atoms with Gasteiger partial charge in [0, 0.05) is 19.2 Å². The van der Waals surface area contributed by atoms with Gasteiger partial charge in [-0.15, -0.1) is 0 Å². The van der Waals surface area contributed by atoms with Crippen molar-refractivity contribution < 1.29 is 22.4 Å².